The third-order valence-corrected chi connectivity index (χ3v) is 3.21. The van der Waals surface area contributed by atoms with Crippen molar-refractivity contribution < 1.29 is 0 Å². The molecule has 2 rings (SSSR count). The Balaban J connectivity index is 2.30. The lowest BCUT2D eigenvalue weighted by molar-refractivity contribution is 0.795. The van der Waals surface area contributed by atoms with Gasteiger partial charge in [-0.1, -0.05) is 48.2 Å². The standard InChI is InChI=1S/C12H13N3S/c1-3-9-16-12-14-13-11(15(12)2)10-7-5-4-6-8-10/h3-8H,1,9H2,2H3. The average molecular weight is 231 g/mol. The summed E-state index contributed by atoms with van der Waals surface area (Å²) in [6.45, 7) is 3.69. The number of rotatable bonds is 4. The molecule has 1 aromatic carbocycles. The van der Waals surface area contributed by atoms with Crippen LogP contribution in [0.5, 0.6) is 0 Å². The van der Waals surface area contributed by atoms with E-state index in [0.29, 0.717) is 0 Å². The number of nitrogens with zero attached hydrogens (tertiary/aromatic N) is 3. The molecule has 0 saturated carbocycles. The number of hydrogen-bond donors (Lipinski definition) is 0. The molecule has 0 aliphatic rings. The fourth-order valence-corrected chi connectivity index (χ4v) is 2.06. The molecule has 0 radical (unpaired) electrons. The highest BCUT2D eigenvalue weighted by atomic mass is 32.2. The van der Waals surface area contributed by atoms with E-state index in [2.05, 4.69) is 16.8 Å². The van der Waals surface area contributed by atoms with Crippen molar-refractivity contribution in [2.45, 2.75) is 5.16 Å². The van der Waals surface area contributed by atoms with Gasteiger partial charge in [0.2, 0.25) is 0 Å². The Labute approximate surface area is 99.2 Å². The Hall–Kier alpha value is -1.55. The minimum Gasteiger partial charge on any atom is -0.305 e. The number of benzene rings is 1. The molecule has 0 spiro atoms. The van der Waals surface area contributed by atoms with Crippen molar-refractivity contribution in [2.75, 3.05) is 5.75 Å². The minimum absolute atomic E-state index is 0.848. The monoisotopic (exact) mass is 231 g/mol. The van der Waals surface area contributed by atoms with Crippen LogP contribution in [0, 0.1) is 0 Å². The summed E-state index contributed by atoms with van der Waals surface area (Å²) < 4.78 is 2.00. The van der Waals surface area contributed by atoms with E-state index in [1.165, 1.54) is 0 Å². The molecule has 0 bridgehead atoms. The smallest absolute Gasteiger partial charge is 0.191 e. The molecule has 0 fully saturated rings. The van der Waals surface area contributed by atoms with E-state index < -0.39 is 0 Å². The van der Waals surface area contributed by atoms with E-state index in [1.807, 2.05) is 48.0 Å². The maximum absolute atomic E-state index is 4.20. The lowest BCUT2D eigenvalue weighted by Crippen LogP contribution is -1.94. The normalized spacial score (nSPS) is 10.3. The molecule has 0 saturated heterocycles. The molecule has 82 valence electrons. The molecule has 0 N–H and O–H groups in total. The number of hydrogen-bond acceptors (Lipinski definition) is 3. The summed E-state index contributed by atoms with van der Waals surface area (Å²) in [5.41, 5.74) is 1.09. The van der Waals surface area contributed by atoms with Crippen LogP contribution in [-0.2, 0) is 7.05 Å². The van der Waals surface area contributed by atoms with Crippen LogP contribution in [0.3, 0.4) is 0 Å². The predicted octanol–water partition coefficient (Wildman–Crippen LogP) is 2.76. The van der Waals surface area contributed by atoms with Gasteiger partial charge in [0.15, 0.2) is 11.0 Å². The quantitative estimate of drug-likeness (QED) is 0.599. The summed E-state index contributed by atoms with van der Waals surface area (Å²) in [4.78, 5) is 0. The van der Waals surface area contributed by atoms with Gasteiger partial charge in [0.05, 0.1) is 0 Å². The fourth-order valence-electron chi connectivity index (χ4n) is 1.41. The molecular formula is C12H13N3S. The zero-order valence-electron chi connectivity index (χ0n) is 9.13. The minimum atomic E-state index is 0.848. The van der Waals surface area contributed by atoms with Gasteiger partial charge in [0, 0.05) is 18.4 Å². The Morgan fingerprint density at radius 1 is 1.31 bits per heavy atom. The van der Waals surface area contributed by atoms with Crippen molar-refractivity contribution in [1.29, 1.82) is 0 Å². The Bertz CT molecular complexity index is 476. The molecule has 0 unspecified atom stereocenters. The van der Waals surface area contributed by atoms with Crippen molar-refractivity contribution in [3.63, 3.8) is 0 Å². The molecule has 16 heavy (non-hydrogen) atoms. The van der Waals surface area contributed by atoms with E-state index in [9.17, 15) is 0 Å². The van der Waals surface area contributed by atoms with Crippen LogP contribution < -0.4 is 0 Å². The zero-order chi connectivity index (χ0) is 11.4. The van der Waals surface area contributed by atoms with Gasteiger partial charge < -0.3 is 4.57 Å². The van der Waals surface area contributed by atoms with Gasteiger partial charge in [-0.3, -0.25) is 0 Å². The van der Waals surface area contributed by atoms with E-state index in [0.717, 1.165) is 22.3 Å². The highest BCUT2D eigenvalue weighted by Crippen LogP contribution is 2.21. The summed E-state index contributed by atoms with van der Waals surface area (Å²) in [5, 5.41) is 9.27. The second kappa shape index (κ2) is 4.99. The topological polar surface area (TPSA) is 30.7 Å². The lowest BCUT2D eigenvalue weighted by atomic mass is 10.2. The van der Waals surface area contributed by atoms with Crippen LogP contribution in [0.25, 0.3) is 11.4 Å². The lowest BCUT2D eigenvalue weighted by Gasteiger charge is -2.02. The Morgan fingerprint density at radius 2 is 2.06 bits per heavy atom. The molecule has 0 atom stereocenters. The molecule has 0 aliphatic heterocycles. The Morgan fingerprint density at radius 3 is 2.75 bits per heavy atom. The maximum Gasteiger partial charge on any atom is 0.191 e. The number of thioether (sulfide) groups is 1. The predicted molar refractivity (Wildman–Crippen MR) is 67.4 cm³/mol. The number of aromatic nitrogens is 3. The molecular weight excluding hydrogens is 218 g/mol. The molecule has 1 heterocycles. The highest BCUT2D eigenvalue weighted by Gasteiger charge is 2.09. The van der Waals surface area contributed by atoms with E-state index in [-0.39, 0.29) is 0 Å². The van der Waals surface area contributed by atoms with E-state index in [1.54, 1.807) is 11.8 Å². The molecule has 3 nitrogen and oxygen atoms in total. The summed E-state index contributed by atoms with van der Waals surface area (Å²) in [7, 11) is 1.98. The summed E-state index contributed by atoms with van der Waals surface area (Å²) in [6, 6.07) is 10.1. The zero-order valence-corrected chi connectivity index (χ0v) is 9.94. The van der Waals surface area contributed by atoms with Crippen LogP contribution in [0.2, 0.25) is 0 Å². The first kappa shape index (κ1) is 11.0. The molecule has 4 heteroatoms. The van der Waals surface area contributed by atoms with Gasteiger partial charge >= 0.3 is 0 Å². The van der Waals surface area contributed by atoms with Crippen molar-refractivity contribution in [2.24, 2.45) is 7.05 Å². The van der Waals surface area contributed by atoms with Gasteiger partial charge in [-0.05, 0) is 0 Å². The fraction of sp³-hybridized carbons (Fsp3) is 0.167. The first-order chi connectivity index (χ1) is 7.83. The summed E-state index contributed by atoms with van der Waals surface area (Å²) in [6.07, 6.45) is 1.86. The van der Waals surface area contributed by atoms with Gasteiger partial charge in [-0.2, -0.15) is 0 Å². The van der Waals surface area contributed by atoms with Crippen LogP contribution in [0.15, 0.2) is 48.1 Å². The van der Waals surface area contributed by atoms with Gasteiger partial charge in [0.25, 0.3) is 0 Å². The van der Waals surface area contributed by atoms with Crippen molar-refractivity contribution in [1.82, 2.24) is 14.8 Å². The van der Waals surface area contributed by atoms with Crippen molar-refractivity contribution >= 4 is 11.8 Å². The second-order valence-electron chi connectivity index (χ2n) is 3.33. The second-order valence-corrected chi connectivity index (χ2v) is 4.32. The van der Waals surface area contributed by atoms with Crippen molar-refractivity contribution in [3.8, 4) is 11.4 Å². The van der Waals surface area contributed by atoms with Crippen LogP contribution in [-0.4, -0.2) is 20.5 Å². The van der Waals surface area contributed by atoms with Crippen molar-refractivity contribution in [3.05, 3.63) is 43.0 Å². The molecule has 0 aliphatic carbocycles. The third kappa shape index (κ3) is 2.17. The largest absolute Gasteiger partial charge is 0.305 e. The Kier molecular flexibility index (Phi) is 3.41. The third-order valence-electron chi connectivity index (χ3n) is 2.20. The van der Waals surface area contributed by atoms with Gasteiger partial charge in [-0.15, -0.1) is 16.8 Å². The summed E-state index contributed by atoms with van der Waals surface area (Å²) >= 11 is 1.63. The maximum atomic E-state index is 4.20. The molecule has 1 aromatic heterocycles. The van der Waals surface area contributed by atoms with Crippen LogP contribution in [0.1, 0.15) is 0 Å². The highest BCUT2D eigenvalue weighted by molar-refractivity contribution is 7.99. The van der Waals surface area contributed by atoms with Crippen LogP contribution >= 0.6 is 11.8 Å². The first-order valence-corrected chi connectivity index (χ1v) is 6.00. The average Bonchev–Trinajstić information content (AvgIpc) is 2.69. The SMILES string of the molecule is C=CCSc1nnc(-c2ccccc2)n1C. The first-order valence-electron chi connectivity index (χ1n) is 5.01. The van der Waals surface area contributed by atoms with Gasteiger partial charge in [0.1, 0.15) is 0 Å². The molecule has 2 aromatic rings. The van der Waals surface area contributed by atoms with Crippen LogP contribution in [0.4, 0.5) is 0 Å². The van der Waals surface area contributed by atoms with Gasteiger partial charge in [-0.25, -0.2) is 0 Å². The van der Waals surface area contributed by atoms with E-state index in [4.69, 9.17) is 0 Å². The molecule has 0 amide bonds. The van der Waals surface area contributed by atoms with E-state index >= 15 is 0 Å². The summed E-state index contributed by atoms with van der Waals surface area (Å²) in [5.74, 6) is 1.74.